The van der Waals surface area contributed by atoms with Crippen LogP contribution in [0.25, 0.3) is 0 Å². The van der Waals surface area contributed by atoms with Gasteiger partial charge in [-0.15, -0.1) is 0 Å². The first-order chi connectivity index (χ1) is 7.85. The standard InChI is InChI=1S/C12H23N3O2/c1-4-9-11(17)14-7-8-15(9)10(16)5-6-12(2,3)13/h9H,4-8,13H2,1-3H3,(H,14,17). The fraction of sp³-hybridized carbons (Fsp3) is 0.833. The molecule has 1 heterocycles. The van der Waals surface area contributed by atoms with Gasteiger partial charge in [0.25, 0.3) is 0 Å². The van der Waals surface area contributed by atoms with Crippen molar-refractivity contribution in [2.45, 2.75) is 51.6 Å². The van der Waals surface area contributed by atoms with Crippen molar-refractivity contribution in [2.24, 2.45) is 5.73 Å². The van der Waals surface area contributed by atoms with Crippen LogP contribution >= 0.6 is 0 Å². The number of nitrogens with one attached hydrogen (secondary N) is 1. The summed E-state index contributed by atoms with van der Waals surface area (Å²) in [4.78, 5) is 25.3. The number of carbonyl (C=O) groups is 2. The lowest BCUT2D eigenvalue weighted by Crippen LogP contribution is -2.57. The Labute approximate surface area is 103 Å². The topological polar surface area (TPSA) is 75.4 Å². The van der Waals surface area contributed by atoms with Crippen LogP contribution in [-0.2, 0) is 9.59 Å². The minimum absolute atomic E-state index is 0.0326. The predicted octanol–water partition coefficient (Wildman–Crippen LogP) is 0.241. The molecular weight excluding hydrogens is 218 g/mol. The molecule has 1 aliphatic heterocycles. The molecule has 1 atom stereocenters. The van der Waals surface area contributed by atoms with Gasteiger partial charge in [0, 0.05) is 25.0 Å². The summed E-state index contributed by atoms with van der Waals surface area (Å²) in [5, 5.41) is 2.78. The molecule has 98 valence electrons. The number of carbonyl (C=O) groups excluding carboxylic acids is 2. The van der Waals surface area contributed by atoms with E-state index in [9.17, 15) is 9.59 Å². The van der Waals surface area contributed by atoms with E-state index in [1.807, 2.05) is 20.8 Å². The van der Waals surface area contributed by atoms with E-state index in [0.717, 1.165) is 0 Å². The summed E-state index contributed by atoms with van der Waals surface area (Å²) in [6, 6.07) is -0.308. The zero-order valence-corrected chi connectivity index (χ0v) is 11.0. The molecule has 3 N–H and O–H groups in total. The molecule has 0 aromatic carbocycles. The van der Waals surface area contributed by atoms with Gasteiger partial charge in [-0.1, -0.05) is 6.92 Å². The first-order valence-corrected chi connectivity index (χ1v) is 6.21. The van der Waals surface area contributed by atoms with Crippen LogP contribution in [-0.4, -0.2) is 41.4 Å². The minimum atomic E-state index is -0.338. The molecule has 0 spiro atoms. The van der Waals surface area contributed by atoms with Crippen LogP contribution in [0, 0.1) is 0 Å². The molecule has 2 amide bonds. The highest BCUT2D eigenvalue weighted by Gasteiger charge is 2.31. The second-order valence-corrected chi connectivity index (χ2v) is 5.29. The summed E-state index contributed by atoms with van der Waals surface area (Å²) in [5.74, 6) is -0.00988. The van der Waals surface area contributed by atoms with Crippen molar-refractivity contribution in [3.8, 4) is 0 Å². The van der Waals surface area contributed by atoms with E-state index in [1.165, 1.54) is 0 Å². The van der Waals surface area contributed by atoms with Crippen molar-refractivity contribution in [1.29, 1.82) is 0 Å². The Morgan fingerprint density at radius 1 is 1.59 bits per heavy atom. The molecule has 1 fully saturated rings. The van der Waals surface area contributed by atoms with Crippen molar-refractivity contribution in [3.05, 3.63) is 0 Å². The third-order valence-electron chi connectivity index (χ3n) is 3.02. The van der Waals surface area contributed by atoms with Crippen molar-refractivity contribution in [3.63, 3.8) is 0 Å². The molecule has 1 saturated heterocycles. The number of amides is 2. The summed E-state index contributed by atoms with van der Waals surface area (Å²) in [7, 11) is 0. The fourth-order valence-corrected chi connectivity index (χ4v) is 1.99. The Morgan fingerprint density at radius 3 is 2.76 bits per heavy atom. The van der Waals surface area contributed by atoms with Gasteiger partial charge in [0.15, 0.2) is 0 Å². The van der Waals surface area contributed by atoms with Gasteiger partial charge in [-0.3, -0.25) is 9.59 Å². The molecule has 1 rings (SSSR count). The lowest BCUT2D eigenvalue weighted by molar-refractivity contribution is -0.143. The van der Waals surface area contributed by atoms with Gasteiger partial charge >= 0.3 is 0 Å². The molecule has 17 heavy (non-hydrogen) atoms. The van der Waals surface area contributed by atoms with Crippen LogP contribution < -0.4 is 11.1 Å². The zero-order valence-electron chi connectivity index (χ0n) is 11.0. The highest BCUT2D eigenvalue weighted by atomic mass is 16.2. The van der Waals surface area contributed by atoms with Crippen LogP contribution in [0.5, 0.6) is 0 Å². The molecule has 0 saturated carbocycles. The normalized spacial score (nSPS) is 21.3. The van der Waals surface area contributed by atoms with Crippen LogP contribution in [0.3, 0.4) is 0 Å². The monoisotopic (exact) mass is 241 g/mol. The fourth-order valence-electron chi connectivity index (χ4n) is 1.99. The Kier molecular flexibility index (Phi) is 4.51. The second kappa shape index (κ2) is 5.49. The molecule has 0 aromatic heterocycles. The molecule has 5 nitrogen and oxygen atoms in total. The van der Waals surface area contributed by atoms with Crippen LogP contribution in [0.1, 0.15) is 40.0 Å². The summed E-state index contributed by atoms with van der Waals surface area (Å²) in [6.07, 6.45) is 1.71. The molecule has 0 aromatic rings. The molecule has 1 aliphatic rings. The smallest absolute Gasteiger partial charge is 0.242 e. The maximum atomic E-state index is 12.0. The number of nitrogens with two attached hydrogens (primary N) is 1. The first kappa shape index (κ1) is 14.0. The van der Waals surface area contributed by atoms with Crippen molar-refractivity contribution in [2.75, 3.05) is 13.1 Å². The molecule has 5 heteroatoms. The minimum Gasteiger partial charge on any atom is -0.353 e. The first-order valence-electron chi connectivity index (χ1n) is 6.21. The van der Waals surface area contributed by atoms with Gasteiger partial charge in [0.05, 0.1) is 0 Å². The predicted molar refractivity (Wildman–Crippen MR) is 66.3 cm³/mol. The Balaban J connectivity index is 2.57. The van der Waals surface area contributed by atoms with Crippen molar-refractivity contribution in [1.82, 2.24) is 10.2 Å². The SMILES string of the molecule is CCC1C(=O)NCCN1C(=O)CCC(C)(C)N. The highest BCUT2D eigenvalue weighted by Crippen LogP contribution is 2.14. The largest absolute Gasteiger partial charge is 0.353 e. The highest BCUT2D eigenvalue weighted by molar-refractivity contribution is 5.88. The molecule has 0 aliphatic carbocycles. The average molecular weight is 241 g/mol. The van der Waals surface area contributed by atoms with Gasteiger partial charge in [0.1, 0.15) is 6.04 Å². The zero-order chi connectivity index (χ0) is 13.1. The van der Waals surface area contributed by atoms with E-state index < -0.39 is 0 Å². The van der Waals surface area contributed by atoms with Gasteiger partial charge in [-0.05, 0) is 26.7 Å². The van der Waals surface area contributed by atoms with Gasteiger partial charge in [0.2, 0.25) is 11.8 Å². The Bertz CT molecular complexity index is 297. The number of rotatable bonds is 4. The van der Waals surface area contributed by atoms with E-state index in [1.54, 1.807) is 4.90 Å². The van der Waals surface area contributed by atoms with Crippen molar-refractivity contribution >= 4 is 11.8 Å². The number of hydrogen-bond donors (Lipinski definition) is 2. The van der Waals surface area contributed by atoms with E-state index in [-0.39, 0.29) is 23.4 Å². The number of piperazine rings is 1. The Hall–Kier alpha value is -1.10. The third kappa shape index (κ3) is 4.00. The van der Waals surface area contributed by atoms with E-state index >= 15 is 0 Å². The van der Waals surface area contributed by atoms with Gasteiger partial charge in [-0.25, -0.2) is 0 Å². The van der Waals surface area contributed by atoms with E-state index in [4.69, 9.17) is 5.73 Å². The Morgan fingerprint density at radius 2 is 2.24 bits per heavy atom. The van der Waals surface area contributed by atoms with Crippen LogP contribution in [0.2, 0.25) is 0 Å². The maximum Gasteiger partial charge on any atom is 0.242 e. The lowest BCUT2D eigenvalue weighted by atomic mass is 9.99. The molecular formula is C12H23N3O2. The summed E-state index contributed by atoms with van der Waals surface area (Å²) >= 11 is 0. The second-order valence-electron chi connectivity index (χ2n) is 5.29. The van der Waals surface area contributed by atoms with Gasteiger partial charge in [-0.2, -0.15) is 0 Å². The lowest BCUT2D eigenvalue weighted by Gasteiger charge is -2.35. The van der Waals surface area contributed by atoms with Crippen molar-refractivity contribution < 1.29 is 9.59 Å². The van der Waals surface area contributed by atoms with E-state index in [0.29, 0.717) is 32.4 Å². The average Bonchev–Trinajstić information content (AvgIpc) is 2.24. The number of hydrogen-bond acceptors (Lipinski definition) is 3. The quantitative estimate of drug-likeness (QED) is 0.740. The van der Waals surface area contributed by atoms with E-state index in [2.05, 4.69) is 5.32 Å². The summed E-state index contributed by atoms with van der Waals surface area (Å²) in [5.41, 5.74) is 5.52. The summed E-state index contributed by atoms with van der Waals surface area (Å²) < 4.78 is 0. The molecule has 0 bridgehead atoms. The molecule has 1 unspecified atom stereocenters. The molecule has 0 radical (unpaired) electrons. The summed E-state index contributed by atoms with van der Waals surface area (Å²) in [6.45, 7) is 6.88. The van der Waals surface area contributed by atoms with Crippen LogP contribution in [0.15, 0.2) is 0 Å². The maximum absolute atomic E-state index is 12.0. The van der Waals surface area contributed by atoms with Gasteiger partial charge < -0.3 is 16.0 Å². The number of nitrogens with zero attached hydrogens (tertiary/aromatic N) is 1. The third-order valence-corrected chi connectivity index (χ3v) is 3.02. The van der Waals surface area contributed by atoms with Crippen LogP contribution in [0.4, 0.5) is 0 Å².